The summed E-state index contributed by atoms with van der Waals surface area (Å²) in [4.78, 5) is 11.7. The SMILES string of the molecule is O=C(NCCC1CNCCO1)NC1CCCCC1. The summed E-state index contributed by atoms with van der Waals surface area (Å²) in [6.07, 6.45) is 7.18. The molecule has 104 valence electrons. The molecule has 1 atom stereocenters. The quantitative estimate of drug-likeness (QED) is 0.702. The van der Waals surface area contributed by atoms with E-state index in [1.54, 1.807) is 0 Å². The number of rotatable bonds is 4. The Morgan fingerprint density at radius 3 is 2.83 bits per heavy atom. The summed E-state index contributed by atoms with van der Waals surface area (Å²) in [6, 6.07) is 0.358. The van der Waals surface area contributed by atoms with E-state index in [1.165, 1.54) is 19.3 Å². The minimum Gasteiger partial charge on any atom is -0.376 e. The van der Waals surface area contributed by atoms with Gasteiger partial charge in [-0.25, -0.2) is 4.79 Å². The van der Waals surface area contributed by atoms with E-state index in [0.29, 0.717) is 12.6 Å². The second kappa shape index (κ2) is 7.59. The molecule has 0 bridgehead atoms. The largest absolute Gasteiger partial charge is 0.376 e. The molecule has 1 saturated heterocycles. The molecule has 0 aromatic heterocycles. The molecule has 0 aromatic rings. The lowest BCUT2D eigenvalue weighted by atomic mass is 9.96. The topological polar surface area (TPSA) is 62.4 Å². The van der Waals surface area contributed by atoms with Crippen LogP contribution >= 0.6 is 0 Å². The molecule has 0 aromatic carbocycles. The van der Waals surface area contributed by atoms with E-state index >= 15 is 0 Å². The Bertz CT molecular complexity index is 249. The van der Waals surface area contributed by atoms with E-state index in [4.69, 9.17) is 4.74 Å². The smallest absolute Gasteiger partial charge is 0.315 e. The van der Waals surface area contributed by atoms with Gasteiger partial charge in [0.2, 0.25) is 0 Å². The predicted octanol–water partition coefficient (Wildman–Crippen LogP) is 0.997. The van der Waals surface area contributed by atoms with Crippen LogP contribution in [-0.4, -0.2) is 44.4 Å². The van der Waals surface area contributed by atoms with Gasteiger partial charge in [0.25, 0.3) is 0 Å². The predicted molar refractivity (Wildman–Crippen MR) is 70.6 cm³/mol. The average molecular weight is 255 g/mol. The molecule has 0 radical (unpaired) electrons. The van der Waals surface area contributed by atoms with E-state index in [0.717, 1.165) is 39.0 Å². The normalized spacial score (nSPS) is 25.7. The van der Waals surface area contributed by atoms with Gasteiger partial charge < -0.3 is 20.7 Å². The molecular weight excluding hydrogens is 230 g/mol. The maximum Gasteiger partial charge on any atom is 0.315 e. The van der Waals surface area contributed by atoms with Crippen molar-refractivity contribution in [2.24, 2.45) is 0 Å². The van der Waals surface area contributed by atoms with Gasteiger partial charge >= 0.3 is 6.03 Å². The summed E-state index contributed by atoms with van der Waals surface area (Å²) in [5.41, 5.74) is 0. The first-order chi connectivity index (χ1) is 8.84. The monoisotopic (exact) mass is 255 g/mol. The molecule has 18 heavy (non-hydrogen) atoms. The summed E-state index contributed by atoms with van der Waals surface area (Å²) in [6.45, 7) is 3.29. The summed E-state index contributed by atoms with van der Waals surface area (Å²) in [5, 5.41) is 9.25. The van der Waals surface area contributed by atoms with E-state index in [2.05, 4.69) is 16.0 Å². The van der Waals surface area contributed by atoms with Crippen LogP contribution in [0.1, 0.15) is 38.5 Å². The van der Waals surface area contributed by atoms with Gasteiger partial charge in [-0.3, -0.25) is 0 Å². The van der Waals surface area contributed by atoms with Crippen LogP contribution in [0, 0.1) is 0 Å². The first kappa shape index (κ1) is 13.6. The molecule has 1 aliphatic carbocycles. The molecule has 1 unspecified atom stereocenters. The van der Waals surface area contributed by atoms with E-state index in [9.17, 15) is 4.79 Å². The van der Waals surface area contributed by atoms with Gasteiger partial charge in [-0.15, -0.1) is 0 Å². The highest BCUT2D eigenvalue weighted by Crippen LogP contribution is 2.17. The minimum atomic E-state index is -0.0225. The Kier molecular flexibility index (Phi) is 5.74. The fourth-order valence-electron chi connectivity index (χ4n) is 2.64. The Balaban J connectivity index is 1.53. The maximum atomic E-state index is 11.7. The average Bonchev–Trinajstić information content (AvgIpc) is 2.41. The minimum absolute atomic E-state index is 0.0225. The Hall–Kier alpha value is -0.810. The van der Waals surface area contributed by atoms with Crippen molar-refractivity contribution < 1.29 is 9.53 Å². The fraction of sp³-hybridized carbons (Fsp3) is 0.923. The van der Waals surface area contributed by atoms with Crippen molar-refractivity contribution >= 4 is 6.03 Å². The number of hydrogen-bond donors (Lipinski definition) is 3. The summed E-state index contributed by atoms with van der Waals surface area (Å²) < 4.78 is 5.58. The van der Waals surface area contributed by atoms with Crippen molar-refractivity contribution in [3.05, 3.63) is 0 Å². The van der Waals surface area contributed by atoms with Crippen molar-refractivity contribution in [3.63, 3.8) is 0 Å². The van der Waals surface area contributed by atoms with Gasteiger partial charge in [0.05, 0.1) is 12.7 Å². The highest BCUT2D eigenvalue weighted by molar-refractivity contribution is 5.74. The number of nitrogens with one attached hydrogen (secondary N) is 3. The van der Waals surface area contributed by atoms with Crippen molar-refractivity contribution in [3.8, 4) is 0 Å². The van der Waals surface area contributed by atoms with Gasteiger partial charge in [-0.1, -0.05) is 19.3 Å². The maximum absolute atomic E-state index is 11.7. The van der Waals surface area contributed by atoms with Crippen LogP contribution in [0.15, 0.2) is 0 Å². The molecule has 2 rings (SSSR count). The van der Waals surface area contributed by atoms with E-state index in [1.807, 2.05) is 0 Å². The first-order valence-corrected chi connectivity index (χ1v) is 7.21. The van der Waals surface area contributed by atoms with Crippen LogP contribution in [0.5, 0.6) is 0 Å². The van der Waals surface area contributed by atoms with E-state index < -0.39 is 0 Å². The molecule has 3 N–H and O–H groups in total. The zero-order chi connectivity index (χ0) is 12.6. The van der Waals surface area contributed by atoms with Gasteiger partial charge in [0.1, 0.15) is 0 Å². The molecule has 2 aliphatic rings. The van der Waals surface area contributed by atoms with Crippen LogP contribution in [0.3, 0.4) is 0 Å². The molecule has 2 amide bonds. The Morgan fingerprint density at radius 2 is 2.11 bits per heavy atom. The summed E-state index contributed by atoms with van der Waals surface area (Å²) >= 11 is 0. The zero-order valence-corrected chi connectivity index (χ0v) is 11.0. The fourth-order valence-corrected chi connectivity index (χ4v) is 2.64. The molecule has 5 heteroatoms. The van der Waals surface area contributed by atoms with Crippen LogP contribution in [0.25, 0.3) is 0 Å². The lowest BCUT2D eigenvalue weighted by molar-refractivity contribution is 0.0243. The van der Waals surface area contributed by atoms with Crippen molar-refractivity contribution in [1.82, 2.24) is 16.0 Å². The van der Waals surface area contributed by atoms with Crippen LogP contribution in [-0.2, 0) is 4.74 Å². The van der Waals surface area contributed by atoms with E-state index in [-0.39, 0.29) is 12.1 Å². The standard InChI is InChI=1S/C13H25N3O2/c17-13(16-11-4-2-1-3-5-11)15-7-6-12-10-14-8-9-18-12/h11-12,14H,1-10H2,(H2,15,16,17). The number of hydrogen-bond acceptors (Lipinski definition) is 3. The van der Waals surface area contributed by atoms with Crippen LogP contribution in [0.4, 0.5) is 4.79 Å². The molecule has 1 saturated carbocycles. The van der Waals surface area contributed by atoms with Gasteiger partial charge in [-0.2, -0.15) is 0 Å². The van der Waals surface area contributed by atoms with Gasteiger partial charge in [-0.05, 0) is 19.3 Å². The van der Waals surface area contributed by atoms with Crippen LogP contribution in [0.2, 0.25) is 0 Å². The second-order valence-electron chi connectivity index (χ2n) is 5.22. The number of carbonyl (C=O) groups excluding carboxylic acids is 1. The Morgan fingerprint density at radius 1 is 1.28 bits per heavy atom. The number of morpholine rings is 1. The van der Waals surface area contributed by atoms with Crippen molar-refractivity contribution in [1.29, 1.82) is 0 Å². The highest BCUT2D eigenvalue weighted by atomic mass is 16.5. The third-order valence-electron chi connectivity index (χ3n) is 3.70. The molecule has 1 heterocycles. The number of ether oxygens (including phenoxy) is 1. The summed E-state index contributed by atoms with van der Waals surface area (Å²) in [5.74, 6) is 0. The number of amides is 2. The third kappa shape index (κ3) is 4.82. The first-order valence-electron chi connectivity index (χ1n) is 7.21. The summed E-state index contributed by atoms with van der Waals surface area (Å²) in [7, 11) is 0. The van der Waals surface area contributed by atoms with Gasteiger partial charge in [0.15, 0.2) is 0 Å². The molecular formula is C13H25N3O2. The van der Waals surface area contributed by atoms with Crippen LogP contribution < -0.4 is 16.0 Å². The Labute approximate surface area is 109 Å². The lowest BCUT2D eigenvalue weighted by Crippen LogP contribution is -2.45. The molecule has 5 nitrogen and oxygen atoms in total. The van der Waals surface area contributed by atoms with Crippen molar-refractivity contribution in [2.75, 3.05) is 26.2 Å². The van der Waals surface area contributed by atoms with Gasteiger partial charge in [0, 0.05) is 25.7 Å². The second-order valence-corrected chi connectivity index (χ2v) is 5.22. The molecule has 0 spiro atoms. The molecule has 1 aliphatic heterocycles. The zero-order valence-electron chi connectivity index (χ0n) is 11.0. The highest BCUT2D eigenvalue weighted by Gasteiger charge is 2.16. The lowest BCUT2D eigenvalue weighted by Gasteiger charge is -2.25. The molecule has 2 fully saturated rings. The third-order valence-corrected chi connectivity index (χ3v) is 3.70. The number of carbonyl (C=O) groups is 1. The van der Waals surface area contributed by atoms with Crippen molar-refractivity contribution in [2.45, 2.75) is 50.7 Å². The number of urea groups is 1.